The SMILES string of the molecule is O=C(c1cccs1)c1cc([N+](=O)[O-])ccc1Cl. The zero-order chi connectivity index (χ0) is 12.4. The minimum atomic E-state index is -0.554. The molecule has 0 radical (unpaired) electrons. The van der Waals surface area contributed by atoms with Crippen LogP contribution in [0.1, 0.15) is 15.2 Å². The van der Waals surface area contributed by atoms with E-state index in [4.69, 9.17) is 11.6 Å². The highest BCUT2D eigenvalue weighted by Crippen LogP contribution is 2.25. The van der Waals surface area contributed by atoms with Crippen LogP contribution in [0.25, 0.3) is 0 Å². The zero-order valence-corrected chi connectivity index (χ0v) is 9.99. The fourth-order valence-corrected chi connectivity index (χ4v) is 2.22. The zero-order valence-electron chi connectivity index (χ0n) is 8.42. The average Bonchev–Trinajstić information content (AvgIpc) is 2.81. The largest absolute Gasteiger partial charge is 0.288 e. The first kappa shape index (κ1) is 11.8. The first-order valence-electron chi connectivity index (χ1n) is 4.62. The molecule has 0 unspecified atom stereocenters. The van der Waals surface area contributed by atoms with Crippen molar-refractivity contribution >= 4 is 34.4 Å². The highest BCUT2D eigenvalue weighted by atomic mass is 35.5. The Balaban J connectivity index is 2.48. The van der Waals surface area contributed by atoms with Crippen molar-refractivity contribution in [1.29, 1.82) is 0 Å². The molecule has 2 aromatic rings. The van der Waals surface area contributed by atoms with Gasteiger partial charge in [0.2, 0.25) is 5.78 Å². The van der Waals surface area contributed by atoms with Crippen LogP contribution in [0.5, 0.6) is 0 Å². The Labute approximate surface area is 106 Å². The van der Waals surface area contributed by atoms with Crippen LogP contribution in [-0.2, 0) is 0 Å². The van der Waals surface area contributed by atoms with Gasteiger partial charge in [-0.25, -0.2) is 0 Å². The van der Waals surface area contributed by atoms with Gasteiger partial charge in [-0.15, -0.1) is 11.3 Å². The van der Waals surface area contributed by atoms with Crippen molar-refractivity contribution in [2.75, 3.05) is 0 Å². The van der Waals surface area contributed by atoms with Gasteiger partial charge in [0.05, 0.1) is 14.8 Å². The summed E-state index contributed by atoms with van der Waals surface area (Å²) in [6.07, 6.45) is 0. The second kappa shape index (κ2) is 4.65. The van der Waals surface area contributed by atoms with E-state index >= 15 is 0 Å². The normalized spacial score (nSPS) is 10.2. The number of hydrogen-bond acceptors (Lipinski definition) is 4. The van der Waals surface area contributed by atoms with Crippen LogP contribution in [0.2, 0.25) is 5.02 Å². The molecular weight excluding hydrogens is 262 g/mol. The summed E-state index contributed by atoms with van der Waals surface area (Å²) >= 11 is 7.14. The van der Waals surface area contributed by atoms with Gasteiger partial charge in [0.15, 0.2) is 0 Å². The number of benzene rings is 1. The number of nitrogens with zero attached hydrogens (tertiary/aromatic N) is 1. The van der Waals surface area contributed by atoms with Gasteiger partial charge in [0, 0.05) is 17.7 Å². The van der Waals surface area contributed by atoms with Crippen LogP contribution in [0.15, 0.2) is 35.7 Å². The summed E-state index contributed by atoms with van der Waals surface area (Å²) in [5.74, 6) is -0.297. The molecular formula is C11H6ClNO3S. The summed E-state index contributed by atoms with van der Waals surface area (Å²) in [5.41, 5.74) is 0.0117. The maximum Gasteiger partial charge on any atom is 0.270 e. The molecule has 17 heavy (non-hydrogen) atoms. The van der Waals surface area contributed by atoms with Crippen molar-refractivity contribution in [3.63, 3.8) is 0 Å². The highest BCUT2D eigenvalue weighted by Gasteiger charge is 2.17. The Morgan fingerprint density at radius 1 is 1.35 bits per heavy atom. The van der Waals surface area contributed by atoms with E-state index in [0.717, 1.165) is 0 Å². The molecule has 6 heteroatoms. The summed E-state index contributed by atoms with van der Waals surface area (Å²) in [6, 6.07) is 7.23. The van der Waals surface area contributed by atoms with Crippen LogP contribution >= 0.6 is 22.9 Å². The molecule has 4 nitrogen and oxygen atoms in total. The molecule has 1 aromatic heterocycles. The monoisotopic (exact) mass is 267 g/mol. The molecule has 0 aliphatic carbocycles. The predicted octanol–water partition coefficient (Wildman–Crippen LogP) is 3.54. The molecule has 0 aliphatic rings. The molecule has 0 saturated carbocycles. The standard InChI is InChI=1S/C11H6ClNO3S/c12-9-4-3-7(13(15)16)6-8(9)11(14)10-2-1-5-17-10/h1-6H. The number of thiophene rings is 1. The van der Waals surface area contributed by atoms with Gasteiger partial charge in [-0.1, -0.05) is 17.7 Å². The fourth-order valence-electron chi connectivity index (χ4n) is 1.34. The lowest BCUT2D eigenvalue weighted by molar-refractivity contribution is -0.384. The molecule has 0 fully saturated rings. The Morgan fingerprint density at radius 3 is 2.71 bits per heavy atom. The lowest BCUT2D eigenvalue weighted by Crippen LogP contribution is -2.01. The summed E-state index contributed by atoms with van der Waals surface area (Å²) in [5, 5.41) is 12.6. The van der Waals surface area contributed by atoms with E-state index in [2.05, 4.69) is 0 Å². The maximum absolute atomic E-state index is 12.0. The van der Waals surface area contributed by atoms with Crippen molar-refractivity contribution in [3.8, 4) is 0 Å². The Morgan fingerprint density at radius 2 is 2.12 bits per heavy atom. The second-order valence-electron chi connectivity index (χ2n) is 3.23. The van der Waals surface area contributed by atoms with Gasteiger partial charge < -0.3 is 0 Å². The average molecular weight is 268 g/mol. The van der Waals surface area contributed by atoms with E-state index in [1.807, 2.05) is 0 Å². The van der Waals surface area contributed by atoms with E-state index in [-0.39, 0.29) is 22.1 Å². The topological polar surface area (TPSA) is 60.2 Å². The van der Waals surface area contributed by atoms with Gasteiger partial charge >= 0.3 is 0 Å². The number of halogens is 1. The smallest absolute Gasteiger partial charge is 0.270 e. The minimum Gasteiger partial charge on any atom is -0.288 e. The van der Waals surface area contributed by atoms with E-state index in [1.54, 1.807) is 17.5 Å². The Hall–Kier alpha value is -1.72. The highest BCUT2D eigenvalue weighted by molar-refractivity contribution is 7.12. The number of nitro groups is 1. The van der Waals surface area contributed by atoms with Crippen molar-refractivity contribution in [2.24, 2.45) is 0 Å². The number of nitro benzene ring substituents is 1. The molecule has 0 amide bonds. The first-order chi connectivity index (χ1) is 8.09. The number of hydrogen-bond donors (Lipinski definition) is 0. The van der Waals surface area contributed by atoms with Crippen molar-refractivity contribution < 1.29 is 9.72 Å². The van der Waals surface area contributed by atoms with Crippen LogP contribution < -0.4 is 0 Å². The Kier molecular flexibility index (Phi) is 3.21. The number of carbonyl (C=O) groups is 1. The van der Waals surface area contributed by atoms with Gasteiger partial charge in [0.25, 0.3) is 5.69 Å². The summed E-state index contributed by atoms with van der Waals surface area (Å²) in [6.45, 7) is 0. The van der Waals surface area contributed by atoms with Crippen LogP contribution in [0.4, 0.5) is 5.69 Å². The lowest BCUT2D eigenvalue weighted by Gasteiger charge is -2.01. The molecule has 0 bridgehead atoms. The summed E-state index contributed by atoms with van der Waals surface area (Å²) in [4.78, 5) is 22.6. The fraction of sp³-hybridized carbons (Fsp3) is 0. The molecule has 0 aliphatic heterocycles. The molecule has 1 aromatic carbocycles. The number of ketones is 1. The molecule has 0 atom stereocenters. The minimum absolute atomic E-state index is 0.144. The van der Waals surface area contributed by atoms with Crippen molar-refractivity contribution in [2.45, 2.75) is 0 Å². The van der Waals surface area contributed by atoms with E-state index < -0.39 is 4.92 Å². The predicted molar refractivity (Wildman–Crippen MR) is 65.9 cm³/mol. The molecule has 0 N–H and O–H groups in total. The molecule has 0 spiro atoms. The van der Waals surface area contributed by atoms with Crippen LogP contribution in [0.3, 0.4) is 0 Å². The molecule has 86 valence electrons. The van der Waals surface area contributed by atoms with Gasteiger partial charge in [-0.2, -0.15) is 0 Å². The van der Waals surface area contributed by atoms with Gasteiger partial charge in [0.1, 0.15) is 0 Å². The van der Waals surface area contributed by atoms with Crippen molar-refractivity contribution in [3.05, 3.63) is 61.3 Å². The summed E-state index contributed by atoms with van der Waals surface area (Å²) in [7, 11) is 0. The molecule has 0 saturated heterocycles. The van der Waals surface area contributed by atoms with Gasteiger partial charge in [-0.3, -0.25) is 14.9 Å². The van der Waals surface area contributed by atoms with Crippen molar-refractivity contribution in [1.82, 2.24) is 0 Å². The van der Waals surface area contributed by atoms with E-state index in [0.29, 0.717) is 4.88 Å². The van der Waals surface area contributed by atoms with Crippen LogP contribution in [-0.4, -0.2) is 10.7 Å². The second-order valence-corrected chi connectivity index (χ2v) is 4.58. The maximum atomic E-state index is 12.0. The van der Waals surface area contributed by atoms with Gasteiger partial charge in [-0.05, 0) is 17.5 Å². The number of rotatable bonds is 3. The number of non-ortho nitro benzene ring substituents is 1. The van der Waals surface area contributed by atoms with Crippen LogP contribution in [0, 0.1) is 10.1 Å². The number of carbonyl (C=O) groups excluding carboxylic acids is 1. The third kappa shape index (κ3) is 2.35. The lowest BCUT2D eigenvalue weighted by atomic mass is 10.1. The molecule has 1 heterocycles. The third-order valence-electron chi connectivity index (χ3n) is 2.15. The first-order valence-corrected chi connectivity index (χ1v) is 5.87. The quantitative estimate of drug-likeness (QED) is 0.485. The Bertz CT molecular complexity index is 580. The van der Waals surface area contributed by atoms with E-state index in [9.17, 15) is 14.9 Å². The van der Waals surface area contributed by atoms with E-state index in [1.165, 1.54) is 29.5 Å². The summed E-state index contributed by atoms with van der Waals surface area (Å²) < 4.78 is 0. The molecule has 2 rings (SSSR count). The third-order valence-corrected chi connectivity index (χ3v) is 3.35.